The summed E-state index contributed by atoms with van der Waals surface area (Å²) in [6.45, 7) is -0.149. The number of fused-ring (bicyclic) bond motifs is 2. The van der Waals surface area contributed by atoms with Crippen molar-refractivity contribution in [3.63, 3.8) is 0 Å². The van der Waals surface area contributed by atoms with Crippen molar-refractivity contribution in [1.29, 1.82) is 0 Å². The van der Waals surface area contributed by atoms with E-state index in [1.807, 2.05) is 18.2 Å². The average molecular weight is 371 g/mol. The summed E-state index contributed by atoms with van der Waals surface area (Å²) in [6.07, 6.45) is 0.466. The molecule has 0 N–H and O–H groups in total. The fourth-order valence-electron chi connectivity index (χ4n) is 2.96. The van der Waals surface area contributed by atoms with Crippen LogP contribution < -0.4 is 4.74 Å². The number of rotatable bonds is 4. The van der Waals surface area contributed by atoms with Crippen molar-refractivity contribution in [3.8, 4) is 5.75 Å². The third kappa shape index (κ3) is 3.30. The smallest absolute Gasteiger partial charge is 0.313 e. The minimum atomic E-state index is -0.472. The molecule has 0 bridgehead atoms. The molecule has 0 radical (unpaired) electrons. The molecular weight excluding hydrogens is 356 g/mol. The van der Waals surface area contributed by atoms with Crippen molar-refractivity contribution < 1.29 is 23.5 Å². The summed E-state index contributed by atoms with van der Waals surface area (Å²) in [7, 11) is 0. The standard InChI is InChI=1S/C20H15ClO5/c21-15-5-6-17-13(8-15)7-14(10-24-17)20(23)25-11-16(22)19-9-12-3-1-2-4-18(12)26-19/h1-6,8-9,14H,7,10-11H2/t14-/m0/s1. The van der Waals surface area contributed by atoms with Gasteiger partial charge >= 0.3 is 5.97 Å². The van der Waals surface area contributed by atoms with Crippen LogP contribution in [0, 0.1) is 5.92 Å². The van der Waals surface area contributed by atoms with Gasteiger partial charge in [0.15, 0.2) is 12.4 Å². The Morgan fingerprint density at radius 1 is 1.15 bits per heavy atom. The fourth-order valence-corrected chi connectivity index (χ4v) is 3.15. The summed E-state index contributed by atoms with van der Waals surface area (Å²) >= 11 is 5.98. The normalized spacial score (nSPS) is 16.0. The molecule has 0 saturated carbocycles. The Morgan fingerprint density at radius 3 is 2.85 bits per heavy atom. The number of Topliss-reactive ketones (excluding diaryl/α,β-unsaturated/α-hetero) is 1. The Hall–Kier alpha value is -2.79. The van der Waals surface area contributed by atoms with Gasteiger partial charge < -0.3 is 13.9 Å². The summed E-state index contributed by atoms with van der Waals surface area (Å²) in [4.78, 5) is 24.5. The zero-order valence-electron chi connectivity index (χ0n) is 13.7. The lowest BCUT2D eigenvalue weighted by atomic mass is 9.97. The fraction of sp³-hybridized carbons (Fsp3) is 0.200. The number of carbonyl (C=O) groups excluding carboxylic acids is 2. The van der Waals surface area contributed by atoms with Gasteiger partial charge in [0.2, 0.25) is 5.78 Å². The molecule has 2 aromatic carbocycles. The highest BCUT2D eigenvalue weighted by molar-refractivity contribution is 6.30. The third-order valence-corrected chi connectivity index (χ3v) is 4.54. The molecule has 1 atom stereocenters. The van der Waals surface area contributed by atoms with E-state index < -0.39 is 11.9 Å². The minimum absolute atomic E-state index is 0.177. The van der Waals surface area contributed by atoms with E-state index in [0.717, 1.165) is 16.7 Å². The van der Waals surface area contributed by atoms with Crippen LogP contribution in [0.2, 0.25) is 5.02 Å². The number of para-hydroxylation sites is 1. The van der Waals surface area contributed by atoms with Crippen LogP contribution >= 0.6 is 11.6 Å². The first-order chi connectivity index (χ1) is 12.6. The molecule has 3 aromatic rings. The quantitative estimate of drug-likeness (QED) is 0.511. The maximum Gasteiger partial charge on any atom is 0.313 e. The monoisotopic (exact) mass is 370 g/mol. The first-order valence-corrected chi connectivity index (χ1v) is 8.57. The van der Waals surface area contributed by atoms with Crippen molar-refractivity contribution in [1.82, 2.24) is 0 Å². The molecule has 1 aliphatic rings. The highest BCUT2D eigenvalue weighted by atomic mass is 35.5. The number of ketones is 1. The highest BCUT2D eigenvalue weighted by Crippen LogP contribution is 2.30. The van der Waals surface area contributed by atoms with Crippen LogP contribution in [-0.4, -0.2) is 25.0 Å². The summed E-state index contributed by atoms with van der Waals surface area (Å²) in [6, 6.07) is 14.3. The lowest BCUT2D eigenvalue weighted by molar-refractivity contribution is -0.148. The van der Waals surface area contributed by atoms with Crippen molar-refractivity contribution >= 4 is 34.3 Å². The second kappa shape index (κ2) is 6.84. The Bertz CT molecular complexity index is 958. The van der Waals surface area contributed by atoms with Gasteiger partial charge in [-0.05, 0) is 42.3 Å². The Kier molecular flexibility index (Phi) is 4.39. The van der Waals surface area contributed by atoms with Crippen LogP contribution in [0.1, 0.15) is 16.1 Å². The van der Waals surface area contributed by atoms with E-state index in [9.17, 15) is 9.59 Å². The zero-order chi connectivity index (χ0) is 18.1. The first kappa shape index (κ1) is 16.7. The Morgan fingerprint density at radius 2 is 2.00 bits per heavy atom. The van der Waals surface area contributed by atoms with Crippen molar-refractivity contribution in [2.75, 3.05) is 13.2 Å². The van der Waals surface area contributed by atoms with Gasteiger partial charge in [0.05, 0.1) is 5.92 Å². The lowest BCUT2D eigenvalue weighted by Crippen LogP contribution is -2.31. The van der Waals surface area contributed by atoms with Gasteiger partial charge in [-0.1, -0.05) is 29.8 Å². The predicted octanol–water partition coefficient (Wildman–Crippen LogP) is 4.06. The van der Waals surface area contributed by atoms with E-state index in [1.165, 1.54) is 0 Å². The van der Waals surface area contributed by atoms with Gasteiger partial charge in [0.25, 0.3) is 0 Å². The molecule has 0 aliphatic carbocycles. The highest BCUT2D eigenvalue weighted by Gasteiger charge is 2.28. The molecule has 1 aliphatic heterocycles. The van der Waals surface area contributed by atoms with Gasteiger partial charge in [0, 0.05) is 10.4 Å². The lowest BCUT2D eigenvalue weighted by Gasteiger charge is -2.24. The van der Waals surface area contributed by atoms with E-state index in [2.05, 4.69) is 0 Å². The Labute approximate surface area is 154 Å². The number of hydrogen-bond acceptors (Lipinski definition) is 5. The molecule has 0 saturated heterocycles. The van der Waals surface area contributed by atoms with E-state index >= 15 is 0 Å². The zero-order valence-corrected chi connectivity index (χ0v) is 14.5. The summed E-state index contributed by atoms with van der Waals surface area (Å²) < 4.78 is 16.2. The summed E-state index contributed by atoms with van der Waals surface area (Å²) in [5.41, 5.74) is 1.48. The van der Waals surface area contributed by atoms with Gasteiger partial charge in [0.1, 0.15) is 17.9 Å². The average Bonchev–Trinajstić information content (AvgIpc) is 3.09. The molecular formula is C20H15ClO5. The van der Waals surface area contributed by atoms with Gasteiger partial charge in [-0.3, -0.25) is 9.59 Å². The van der Waals surface area contributed by atoms with Crippen LogP contribution in [0.15, 0.2) is 52.9 Å². The second-order valence-electron chi connectivity index (χ2n) is 6.14. The van der Waals surface area contributed by atoms with Crippen LogP contribution in [0.25, 0.3) is 11.0 Å². The molecule has 6 heteroatoms. The number of halogens is 1. The number of hydrogen-bond donors (Lipinski definition) is 0. The molecule has 4 rings (SSSR count). The third-order valence-electron chi connectivity index (χ3n) is 4.31. The summed E-state index contributed by atoms with van der Waals surface area (Å²) in [5, 5.41) is 1.41. The van der Waals surface area contributed by atoms with Gasteiger partial charge in [-0.2, -0.15) is 0 Å². The SMILES string of the molecule is O=C(COC(=O)[C@@H]1COc2ccc(Cl)cc2C1)c1cc2ccccc2o1. The largest absolute Gasteiger partial charge is 0.492 e. The second-order valence-corrected chi connectivity index (χ2v) is 6.58. The Balaban J connectivity index is 1.38. The molecule has 2 heterocycles. The molecule has 0 spiro atoms. The maximum atomic E-state index is 12.3. The van der Waals surface area contributed by atoms with E-state index in [4.69, 9.17) is 25.5 Å². The molecule has 0 fully saturated rings. The van der Waals surface area contributed by atoms with Gasteiger partial charge in [-0.25, -0.2) is 0 Å². The van der Waals surface area contributed by atoms with Crippen LogP contribution in [0.3, 0.4) is 0 Å². The van der Waals surface area contributed by atoms with Gasteiger partial charge in [-0.15, -0.1) is 0 Å². The topological polar surface area (TPSA) is 65.7 Å². The molecule has 5 nitrogen and oxygen atoms in total. The van der Waals surface area contributed by atoms with E-state index in [-0.39, 0.29) is 24.8 Å². The van der Waals surface area contributed by atoms with Crippen molar-refractivity contribution in [2.24, 2.45) is 5.92 Å². The van der Waals surface area contributed by atoms with Crippen LogP contribution in [0.4, 0.5) is 0 Å². The molecule has 0 unspecified atom stereocenters. The maximum absolute atomic E-state index is 12.3. The molecule has 132 valence electrons. The van der Waals surface area contributed by atoms with Crippen molar-refractivity contribution in [2.45, 2.75) is 6.42 Å². The molecule has 0 amide bonds. The molecule has 26 heavy (non-hydrogen) atoms. The summed E-state index contributed by atoms with van der Waals surface area (Å²) in [5.74, 6) is -0.424. The predicted molar refractivity (Wildman–Crippen MR) is 95.6 cm³/mol. The van der Waals surface area contributed by atoms with Crippen LogP contribution in [-0.2, 0) is 16.0 Å². The number of benzene rings is 2. The first-order valence-electron chi connectivity index (χ1n) is 8.20. The van der Waals surface area contributed by atoms with Crippen molar-refractivity contribution in [3.05, 3.63) is 64.9 Å². The molecule has 1 aromatic heterocycles. The van der Waals surface area contributed by atoms with E-state index in [1.54, 1.807) is 30.3 Å². The minimum Gasteiger partial charge on any atom is -0.492 e. The number of carbonyl (C=O) groups is 2. The number of furan rings is 1. The number of esters is 1. The number of ether oxygens (including phenoxy) is 2. The van der Waals surface area contributed by atoms with Crippen LogP contribution in [0.5, 0.6) is 5.75 Å². The van der Waals surface area contributed by atoms with E-state index in [0.29, 0.717) is 17.0 Å².